The number of methoxy groups -OCH3 is 1. The van der Waals surface area contributed by atoms with Crippen LogP contribution in [-0.2, 0) is 29.2 Å². The Morgan fingerprint density at radius 1 is 1.29 bits per heavy atom. The molecule has 6 nitrogen and oxygen atoms in total. The van der Waals surface area contributed by atoms with Gasteiger partial charge in [0.1, 0.15) is 24.7 Å². The van der Waals surface area contributed by atoms with Gasteiger partial charge in [-0.2, -0.15) is 0 Å². The van der Waals surface area contributed by atoms with Crippen LogP contribution in [0.25, 0.3) is 0 Å². The number of hydrogen-bond acceptors (Lipinski definition) is 5. The number of benzene rings is 1. The van der Waals surface area contributed by atoms with Gasteiger partial charge >= 0.3 is 0 Å². The standard InChI is InChI=1S/C15H16N2O4/c1-19-9-13-6-11(17-21-13)8-20-12-4-2-10-3-5-15(18)16-14(10)7-12/h2,4,6-7H,3,5,8-9H2,1H3,(H,16,18). The Balaban J connectivity index is 1.65. The first-order valence-electron chi connectivity index (χ1n) is 6.73. The van der Waals surface area contributed by atoms with Gasteiger partial charge in [0, 0.05) is 31.4 Å². The molecule has 1 aromatic carbocycles. The van der Waals surface area contributed by atoms with Crippen LogP contribution in [0.15, 0.2) is 28.8 Å². The molecule has 6 heteroatoms. The number of amides is 1. The summed E-state index contributed by atoms with van der Waals surface area (Å²) in [6.07, 6.45) is 1.31. The third-order valence-corrected chi connectivity index (χ3v) is 3.26. The predicted molar refractivity (Wildman–Crippen MR) is 74.9 cm³/mol. The monoisotopic (exact) mass is 288 g/mol. The minimum Gasteiger partial charge on any atom is -0.487 e. The minimum atomic E-state index is 0.0420. The molecule has 2 aromatic rings. The van der Waals surface area contributed by atoms with Gasteiger partial charge in [0.05, 0.1) is 0 Å². The van der Waals surface area contributed by atoms with Crippen molar-refractivity contribution in [2.24, 2.45) is 0 Å². The highest BCUT2D eigenvalue weighted by Crippen LogP contribution is 2.27. The topological polar surface area (TPSA) is 73.6 Å². The quantitative estimate of drug-likeness (QED) is 0.913. The highest BCUT2D eigenvalue weighted by molar-refractivity contribution is 5.94. The molecule has 2 heterocycles. The second-order valence-corrected chi connectivity index (χ2v) is 4.87. The molecule has 1 N–H and O–H groups in total. The summed E-state index contributed by atoms with van der Waals surface area (Å²) in [5.74, 6) is 1.39. The molecule has 1 aromatic heterocycles. The Bertz CT molecular complexity index is 651. The maximum atomic E-state index is 11.4. The van der Waals surface area contributed by atoms with Crippen molar-refractivity contribution in [2.75, 3.05) is 12.4 Å². The van der Waals surface area contributed by atoms with Gasteiger partial charge in [-0.3, -0.25) is 4.79 Å². The lowest BCUT2D eigenvalue weighted by molar-refractivity contribution is -0.116. The minimum absolute atomic E-state index is 0.0420. The maximum Gasteiger partial charge on any atom is 0.224 e. The summed E-state index contributed by atoms with van der Waals surface area (Å²) in [5.41, 5.74) is 2.65. The molecular weight excluding hydrogens is 272 g/mol. The van der Waals surface area contributed by atoms with E-state index in [4.69, 9.17) is 14.0 Å². The Labute approximate surface area is 122 Å². The predicted octanol–water partition coefficient (Wildman–Crippen LogP) is 2.28. The maximum absolute atomic E-state index is 11.4. The van der Waals surface area contributed by atoms with Crippen LogP contribution in [0.4, 0.5) is 5.69 Å². The van der Waals surface area contributed by atoms with E-state index in [1.54, 1.807) is 13.2 Å². The molecule has 0 unspecified atom stereocenters. The Morgan fingerprint density at radius 2 is 2.19 bits per heavy atom. The van der Waals surface area contributed by atoms with Crippen molar-refractivity contribution in [3.05, 3.63) is 41.3 Å². The summed E-state index contributed by atoms with van der Waals surface area (Å²) < 4.78 is 15.7. The summed E-state index contributed by atoms with van der Waals surface area (Å²) >= 11 is 0. The van der Waals surface area contributed by atoms with E-state index in [9.17, 15) is 4.79 Å². The molecule has 3 rings (SSSR count). The molecule has 0 bridgehead atoms. The zero-order chi connectivity index (χ0) is 14.7. The summed E-state index contributed by atoms with van der Waals surface area (Å²) in [5, 5.41) is 6.75. The number of aromatic nitrogens is 1. The average Bonchev–Trinajstić information content (AvgIpc) is 2.93. The normalized spacial score (nSPS) is 13.7. The van der Waals surface area contributed by atoms with E-state index in [-0.39, 0.29) is 5.91 Å². The van der Waals surface area contributed by atoms with Crippen LogP contribution in [0.5, 0.6) is 5.75 Å². The van der Waals surface area contributed by atoms with Gasteiger partial charge in [-0.1, -0.05) is 11.2 Å². The number of nitrogens with one attached hydrogen (secondary N) is 1. The Morgan fingerprint density at radius 3 is 3.05 bits per heavy atom. The molecule has 1 amide bonds. The number of nitrogens with zero attached hydrogens (tertiary/aromatic N) is 1. The van der Waals surface area contributed by atoms with Crippen molar-refractivity contribution in [1.29, 1.82) is 0 Å². The van der Waals surface area contributed by atoms with Gasteiger partial charge < -0.3 is 19.3 Å². The van der Waals surface area contributed by atoms with Crippen LogP contribution in [-0.4, -0.2) is 18.2 Å². The molecule has 0 atom stereocenters. The van der Waals surface area contributed by atoms with Crippen LogP contribution >= 0.6 is 0 Å². The van der Waals surface area contributed by atoms with E-state index in [0.29, 0.717) is 36.8 Å². The first kappa shape index (κ1) is 13.6. The lowest BCUT2D eigenvalue weighted by atomic mass is 10.0. The number of carbonyl (C=O) groups is 1. The number of ether oxygens (including phenoxy) is 2. The van der Waals surface area contributed by atoms with E-state index >= 15 is 0 Å². The van der Waals surface area contributed by atoms with Crippen LogP contribution < -0.4 is 10.1 Å². The highest BCUT2D eigenvalue weighted by Gasteiger charge is 2.15. The largest absolute Gasteiger partial charge is 0.487 e. The molecule has 0 fully saturated rings. The number of anilines is 1. The lowest BCUT2D eigenvalue weighted by Crippen LogP contribution is -2.18. The van der Waals surface area contributed by atoms with Crippen molar-refractivity contribution in [3.8, 4) is 5.75 Å². The fraction of sp³-hybridized carbons (Fsp3) is 0.333. The molecule has 110 valence electrons. The van der Waals surface area contributed by atoms with Gasteiger partial charge in [-0.25, -0.2) is 0 Å². The van der Waals surface area contributed by atoms with Crippen LogP contribution in [0.1, 0.15) is 23.4 Å². The summed E-state index contributed by atoms with van der Waals surface area (Å²) in [4.78, 5) is 11.4. The van der Waals surface area contributed by atoms with Crippen molar-refractivity contribution in [2.45, 2.75) is 26.1 Å². The zero-order valence-corrected chi connectivity index (χ0v) is 11.7. The van der Waals surface area contributed by atoms with E-state index in [2.05, 4.69) is 10.5 Å². The number of rotatable bonds is 5. The van der Waals surface area contributed by atoms with Gasteiger partial charge in [0.2, 0.25) is 5.91 Å². The molecule has 0 aliphatic carbocycles. The number of hydrogen-bond donors (Lipinski definition) is 1. The van der Waals surface area contributed by atoms with Crippen molar-refractivity contribution in [3.63, 3.8) is 0 Å². The third-order valence-electron chi connectivity index (χ3n) is 3.26. The molecule has 1 aliphatic heterocycles. The second-order valence-electron chi connectivity index (χ2n) is 4.87. The fourth-order valence-corrected chi connectivity index (χ4v) is 2.23. The van der Waals surface area contributed by atoms with Gasteiger partial charge in [0.15, 0.2) is 5.76 Å². The zero-order valence-electron chi connectivity index (χ0n) is 11.7. The summed E-state index contributed by atoms with van der Waals surface area (Å²) in [6, 6.07) is 7.50. The smallest absolute Gasteiger partial charge is 0.224 e. The third kappa shape index (κ3) is 3.22. The lowest BCUT2D eigenvalue weighted by Gasteiger charge is -2.17. The van der Waals surface area contributed by atoms with E-state index in [0.717, 1.165) is 17.7 Å². The number of fused-ring (bicyclic) bond motifs is 1. The van der Waals surface area contributed by atoms with Crippen molar-refractivity contribution in [1.82, 2.24) is 5.16 Å². The molecular formula is C15H16N2O4. The van der Waals surface area contributed by atoms with Crippen molar-refractivity contribution >= 4 is 11.6 Å². The first-order valence-corrected chi connectivity index (χ1v) is 6.73. The van der Waals surface area contributed by atoms with E-state index < -0.39 is 0 Å². The van der Waals surface area contributed by atoms with Gasteiger partial charge in [-0.15, -0.1) is 0 Å². The molecule has 0 saturated carbocycles. The van der Waals surface area contributed by atoms with Gasteiger partial charge in [-0.05, 0) is 18.1 Å². The number of aryl methyl sites for hydroxylation is 1. The van der Waals surface area contributed by atoms with Gasteiger partial charge in [0.25, 0.3) is 0 Å². The molecule has 0 radical (unpaired) electrons. The van der Waals surface area contributed by atoms with Crippen LogP contribution in [0.2, 0.25) is 0 Å². The van der Waals surface area contributed by atoms with Crippen LogP contribution in [0.3, 0.4) is 0 Å². The summed E-state index contributed by atoms with van der Waals surface area (Å²) in [7, 11) is 1.60. The number of carbonyl (C=O) groups excluding carboxylic acids is 1. The highest BCUT2D eigenvalue weighted by atomic mass is 16.5. The molecule has 0 saturated heterocycles. The average molecular weight is 288 g/mol. The second kappa shape index (κ2) is 5.97. The Kier molecular flexibility index (Phi) is 3.87. The molecule has 1 aliphatic rings. The molecule has 21 heavy (non-hydrogen) atoms. The molecule has 0 spiro atoms. The first-order chi connectivity index (χ1) is 10.2. The SMILES string of the molecule is COCc1cc(COc2ccc3c(c2)NC(=O)CC3)no1. The fourth-order valence-electron chi connectivity index (χ4n) is 2.23. The Hall–Kier alpha value is -2.34. The van der Waals surface area contributed by atoms with E-state index in [1.807, 2.05) is 18.2 Å². The summed E-state index contributed by atoms with van der Waals surface area (Å²) in [6.45, 7) is 0.692. The van der Waals surface area contributed by atoms with Crippen LogP contribution in [0, 0.1) is 0 Å². The van der Waals surface area contributed by atoms with Crippen molar-refractivity contribution < 1.29 is 18.8 Å². The van der Waals surface area contributed by atoms with E-state index in [1.165, 1.54) is 0 Å².